The molecule has 2 N–H and O–H groups in total. The number of H-pyrrole nitrogens is 1. The van der Waals surface area contributed by atoms with Crippen molar-refractivity contribution in [1.29, 1.82) is 0 Å². The van der Waals surface area contributed by atoms with Gasteiger partial charge in [0.25, 0.3) is 5.56 Å². The minimum atomic E-state index is -0.597. The first-order valence-corrected chi connectivity index (χ1v) is 8.85. The SMILES string of the molecule is COc1ccc(-c2cc(F)c3nc(C4CCNCC4)[nH]c(=O)c3c2)cc1F. The van der Waals surface area contributed by atoms with Crippen molar-refractivity contribution < 1.29 is 13.5 Å². The van der Waals surface area contributed by atoms with Crippen molar-refractivity contribution in [2.75, 3.05) is 20.2 Å². The maximum absolute atomic E-state index is 14.8. The number of fused-ring (bicyclic) bond motifs is 1. The van der Waals surface area contributed by atoms with Gasteiger partial charge >= 0.3 is 0 Å². The highest BCUT2D eigenvalue weighted by molar-refractivity contribution is 5.84. The molecule has 0 saturated carbocycles. The van der Waals surface area contributed by atoms with Crippen molar-refractivity contribution in [3.05, 3.63) is 58.1 Å². The van der Waals surface area contributed by atoms with Gasteiger partial charge in [0.2, 0.25) is 0 Å². The van der Waals surface area contributed by atoms with E-state index in [2.05, 4.69) is 15.3 Å². The lowest BCUT2D eigenvalue weighted by Gasteiger charge is -2.21. The van der Waals surface area contributed by atoms with Crippen molar-refractivity contribution in [3.63, 3.8) is 0 Å². The van der Waals surface area contributed by atoms with E-state index < -0.39 is 11.6 Å². The second-order valence-electron chi connectivity index (χ2n) is 6.68. The second-order valence-corrected chi connectivity index (χ2v) is 6.68. The van der Waals surface area contributed by atoms with Crippen LogP contribution < -0.4 is 15.6 Å². The number of nitrogens with zero attached hydrogens (tertiary/aromatic N) is 1. The Labute approximate surface area is 154 Å². The maximum Gasteiger partial charge on any atom is 0.258 e. The molecule has 0 aliphatic carbocycles. The van der Waals surface area contributed by atoms with E-state index in [1.807, 2.05) is 0 Å². The van der Waals surface area contributed by atoms with E-state index in [4.69, 9.17) is 4.74 Å². The Morgan fingerprint density at radius 1 is 1.07 bits per heavy atom. The summed E-state index contributed by atoms with van der Waals surface area (Å²) in [5.74, 6) is -0.413. The molecule has 2 heterocycles. The van der Waals surface area contributed by atoms with Gasteiger partial charge in [0.15, 0.2) is 11.6 Å². The highest BCUT2D eigenvalue weighted by Crippen LogP contribution is 2.29. The summed E-state index contributed by atoms with van der Waals surface area (Å²) in [7, 11) is 1.37. The number of aromatic nitrogens is 2. The molecule has 1 fully saturated rings. The average Bonchev–Trinajstić information content (AvgIpc) is 2.69. The molecule has 0 bridgehead atoms. The molecule has 0 amide bonds. The Balaban J connectivity index is 1.81. The van der Waals surface area contributed by atoms with Crippen molar-refractivity contribution in [2.24, 2.45) is 0 Å². The summed E-state index contributed by atoms with van der Waals surface area (Å²) >= 11 is 0. The van der Waals surface area contributed by atoms with Gasteiger partial charge in [-0.25, -0.2) is 13.8 Å². The zero-order chi connectivity index (χ0) is 19.0. The Morgan fingerprint density at radius 3 is 2.52 bits per heavy atom. The molecule has 1 aromatic heterocycles. The van der Waals surface area contributed by atoms with E-state index >= 15 is 0 Å². The summed E-state index contributed by atoms with van der Waals surface area (Å²) in [4.78, 5) is 19.8. The summed E-state index contributed by atoms with van der Waals surface area (Å²) in [5.41, 5.74) is 0.521. The Morgan fingerprint density at radius 2 is 1.81 bits per heavy atom. The topological polar surface area (TPSA) is 67.0 Å². The van der Waals surface area contributed by atoms with E-state index in [0.717, 1.165) is 25.9 Å². The molecule has 0 atom stereocenters. The zero-order valence-electron chi connectivity index (χ0n) is 14.8. The van der Waals surface area contributed by atoms with Crippen LogP contribution in [0.25, 0.3) is 22.0 Å². The molecule has 140 valence electrons. The summed E-state index contributed by atoms with van der Waals surface area (Å²) in [6.45, 7) is 1.69. The molecule has 27 heavy (non-hydrogen) atoms. The molecular formula is C20H19F2N3O2. The van der Waals surface area contributed by atoms with Crippen molar-refractivity contribution in [1.82, 2.24) is 15.3 Å². The number of methoxy groups -OCH3 is 1. The van der Waals surface area contributed by atoms with Crippen LogP contribution in [0.3, 0.4) is 0 Å². The van der Waals surface area contributed by atoms with Crippen LogP contribution in [0, 0.1) is 11.6 Å². The van der Waals surface area contributed by atoms with Gasteiger partial charge in [-0.2, -0.15) is 0 Å². The lowest BCUT2D eigenvalue weighted by Crippen LogP contribution is -2.28. The molecule has 7 heteroatoms. The van der Waals surface area contributed by atoms with Crippen LogP contribution in [0.1, 0.15) is 24.6 Å². The molecule has 0 radical (unpaired) electrons. The van der Waals surface area contributed by atoms with Crippen molar-refractivity contribution in [2.45, 2.75) is 18.8 Å². The number of rotatable bonds is 3. The Hall–Kier alpha value is -2.80. The van der Waals surface area contributed by atoms with E-state index in [1.165, 1.54) is 31.4 Å². The number of benzene rings is 2. The summed E-state index contributed by atoms with van der Waals surface area (Å²) in [6, 6.07) is 7.16. The molecule has 5 nitrogen and oxygen atoms in total. The van der Waals surface area contributed by atoms with Gasteiger partial charge in [-0.05, 0) is 61.3 Å². The molecule has 1 aliphatic heterocycles. The first-order chi connectivity index (χ1) is 13.1. The number of ether oxygens (including phenoxy) is 1. The van der Waals surface area contributed by atoms with Gasteiger partial charge in [0.05, 0.1) is 12.5 Å². The quantitative estimate of drug-likeness (QED) is 0.741. The third-order valence-corrected chi connectivity index (χ3v) is 4.99. The first-order valence-electron chi connectivity index (χ1n) is 8.85. The van der Waals surface area contributed by atoms with Crippen LogP contribution in [0.4, 0.5) is 8.78 Å². The van der Waals surface area contributed by atoms with Gasteiger partial charge < -0.3 is 15.0 Å². The average molecular weight is 371 g/mol. The minimum absolute atomic E-state index is 0.0463. The van der Waals surface area contributed by atoms with Crippen LogP contribution in [0.2, 0.25) is 0 Å². The fraction of sp³-hybridized carbons (Fsp3) is 0.300. The Kier molecular flexibility index (Phi) is 4.61. The van der Waals surface area contributed by atoms with Crippen LogP contribution in [0.5, 0.6) is 5.75 Å². The van der Waals surface area contributed by atoms with Crippen LogP contribution in [-0.4, -0.2) is 30.2 Å². The van der Waals surface area contributed by atoms with E-state index in [-0.39, 0.29) is 28.1 Å². The van der Waals surface area contributed by atoms with Gasteiger partial charge in [-0.15, -0.1) is 0 Å². The highest BCUT2D eigenvalue weighted by atomic mass is 19.1. The number of piperidine rings is 1. The maximum atomic E-state index is 14.8. The predicted molar refractivity (Wildman–Crippen MR) is 99.1 cm³/mol. The molecule has 0 spiro atoms. The lowest BCUT2D eigenvalue weighted by molar-refractivity contribution is 0.386. The van der Waals surface area contributed by atoms with Gasteiger partial charge in [-0.1, -0.05) is 6.07 Å². The van der Waals surface area contributed by atoms with Crippen molar-refractivity contribution >= 4 is 10.9 Å². The van der Waals surface area contributed by atoms with Crippen LogP contribution in [0.15, 0.2) is 35.1 Å². The number of hydrogen-bond acceptors (Lipinski definition) is 4. The van der Waals surface area contributed by atoms with Crippen LogP contribution >= 0.6 is 0 Å². The smallest absolute Gasteiger partial charge is 0.258 e. The van der Waals surface area contributed by atoms with Crippen LogP contribution in [-0.2, 0) is 0 Å². The number of aromatic amines is 1. The molecule has 0 unspecified atom stereocenters. The number of hydrogen-bond donors (Lipinski definition) is 2. The Bertz CT molecular complexity index is 1060. The molecule has 1 saturated heterocycles. The minimum Gasteiger partial charge on any atom is -0.494 e. The summed E-state index contributed by atoms with van der Waals surface area (Å²) < 4.78 is 33.6. The zero-order valence-corrected chi connectivity index (χ0v) is 14.8. The fourth-order valence-electron chi connectivity index (χ4n) is 3.52. The molecule has 2 aromatic carbocycles. The van der Waals surface area contributed by atoms with Gasteiger partial charge in [-0.3, -0.25) is 4.79 Å². The fourth-order valence-corrected chi connectivity index (χ4v) is 3.52. The lowest BCUT2D eigenvalue weighted by atomic mass is 9.97. The van der Waals surface area contributed by atoms with E-state index in [0.29, 0.717) is 17.0 Å². The van der Waals surface area contributed by atoms with E-state index in [1.54, 1.807) is 6.07 Å². The monoisotopic (exact) mass is 371 g/mol. The molecule has 3 aromatic rings. The van der Waals surface area contributed by atoms with Gasteiger partial charge in [0.1, 0.15) is 17.2 Å². The summed E-state index contributed by atoms with van der Waals surface area (Å²) in [5, 5.41) is 3.40. The van der Waals surface area contributed by atoms with Crippen molar-refractivity contribution in [3.8, 4) is 16.9 Å². The number of halogens is 2. The standard InChI is InChI=1S/C20H19F2N3O2/c1-27-17-3-2-12(9-15(17)21)13-8-14-18(16(22)10-13)24-19(25-20(14)26)11-4-6-23-7-5-11/h2-3,8-11,23H,4-7H2,1H3,(H,24,25,26). The third kappa shape index (κ3) is 3.30. The number of nitrogens with one attached hydrogen (secondary N) is 2. The highest BCUT2D eigenvalue weighted by Gasteiger charge is 2.20. The molecule has 4 rings (SSSR count). The first kappa shape index (κ1) is 17.6. The van der Waals surface area contributed by atoms with Gasteiger partial charge in [0, 0.05) is 5.92 Å². The largest absolute Gasteiger partial charge is 0.494 e. The summed E-state index contributed by atoms with van der Waals surface area (Å²) in [6.07, 6.45) is 1.69. The normalized spacial score (nSPS) is 15.2. The van der Waals surface area contributed by atoms with E-state index in [9.17, 15) is 13.6 Å². The molecular weight excluding hydrogens is 352 g/mol. The third-order valence-electron chi connectivity index (χ3n) is 4.99. The second kappa shape index (κ2) is 7.08. The molecule has 1 aliphatic rings. The predicted octanol–water partition coefficient (Wildman–Crippen LogP) is 3.34.